The number of anilines is 6. The number of hydrogen-bond donors (Lipinski definition) is 0. The molecule has 92 heavy (non-hydrogen) atoms. The summed E-state index contributed by atoms with van der Waals surface area (Å²) < 4.78 is 12.5. The van der Waals surface area contributed by atoms with E-state index in [4.69, 9.17) is 8.83 Å². The van der Waals surface area contributed by atoms with Crippen molar-refractivity contribution in [3.8, 4) is 77.9 Å². The fraction of sp³-hybridized carbons (Fsp3) is 0.0455. The molecule has 0 saturated heterocycles. The normalized spacial score (nSPS) is 11.5. The number of nitrogens with zero attached hydrogens (tertiary/aromatic N) is 2. The summed E-state index contributed by atoms with van der Waals surface area (Å²) in [5, 5.41) is 4.48. The van der Waals surface area contributed by atoms with Gasteiger partial charge in [0.15, 0.2) is 0 Å². The van der Waals surface area contributed by atoms with Crippen molar-refractivity contribution in [1.29, 1.82) is 0 Å². The van der Waals surface area contributed by atoms with E-state index >= 15 is 0 Å². The molecule has 438 valence electrons. The summed E-state index contributed by atoms with van der Waals surface area (Å²) in [5.74, 6) is 0. The van der Waals surface area contributed by atoms with Crippen molar-refractivity contribution < 1.29 is 8.83 Å². The van der Waals surface area contributed by atoms with E-state index in [1.54, 1.807) is 0 Å². The standard InChI is InChI=1S/C88H64N2O2/c1-57-17-15-25-75(67-33-29-63(30-34-67)61-19-7-5-8-20-61)87(57)89(73-45-37-65(38-46-73)71-43-51-85-79(55-71)77-23-11-13-27-83(77)91-85)81-49-41-69(53-59(81)3)70-42-50-82(60(4)54-70)90(88-58(2)18-16-26-76(88)68-35-31-64(32-36-68)62-21-9-6-10-22-62)74-47-39-66(40-48-74)72-44-52-86-80(56-72)78-24-12-14-28-84(78)92-86/h5-56H,1-4H3. The number of para-hydroxylation sites is 4. The Balaban J connectivity index is 0.786. The van der Waals surface area contributed by atoms with Crippen LogP contribution in [0.15, 0.2) is 324 Å². The van der Waals surface area contributed by atoms with E-state index in [9.17, 15) is 0 Å². The highest BCUT2D eigenvalue weighted by atomic mass is 16.3. The molecule has 0 unspecified atom stereocenters. The van der Waals surface area contributed by atoms with Gasteiger partial charge in [0.05, 0.1) is 11.4 Å². The van der Waals surface area contributed by atoms with Crippen LogP contribution in [0.1, 0.15) is 22.3 Å². The molecule has 0 bridgehead atoms. The molecular weight excluding hydrogens is 1120 g/mol. The van der Waals surface area contributed by atoms with E-state index in [1.165, 1.54) is 33.4 Å². The lowest BCUT2D eigenvalue weighted by molar-refractivity contribution is 0.668. The number of furan rings is 2. The maximum atomic E-state index is 6.24. The van der Waals surface area contributed by atoms with Crippen LogP contribution in [0.25, 0.3) is 122 Å². The van der Waals surface area contributed by atoms with Gasteiger partial charge in [-0.2, -0.15) is 0 Å². The molecule has 0 N–H and O–H groups in total. The van der Waals surface area contributed by atoms with Gasteiger partial charge in [-0.25, -0.2) is 0 Å². The monoisotopic (exact) mass is 1180 g/mol. The molecule has 4 heteroatoms. The van der Waals surface area contributed by atoms with Gasteiger partial charge in [-0.1, -0.05) is 231 Å². The van der Waals surface area contributed by atoms with Gasteiger partial charge in [0, 0.05) is 55.4 Å². The molecule has 0 aliphatic carbocycles. The summed E-state index contributed by atoms with van der Waals surface area (Å²) in [7, 11) is 0. The van der Waals surface area contributed by atoms with Gasteiger partial charge in [-0.3, -0.25) is 0 Å². The third-order valence-corrected chi connectivity index (χ3v) is 18.4. The van der Waals surface area contributed by atoms with Crippen LogP contribution >= 0.6 is 0 Å². The van der Waals surface area contributed by atoms with E-state index in [2.05, 4.69) is 329 Å². The lowest BCUT2D eigenvalue weighted by Crippen LogP contribution is -2.14. The van der Waals surface area contributed by atoms with E-state index < -0.39 is 0 Å². The van der Waals surface area contributed by atoms with Gasteiger partial charge in [0.2, 0.25) is 0 Å². The Morgan fingerprint density at radius 3 is 0.913 bits per heavy atom. The van der Waals surface area contributed by atoms with Crippen molar-refractivity contribution in [2.24, 2.45) is 0 Å². The molecule has 16 rings (SSSR count). The SMILES string of the molecule is Cc1cc(-c2ccc(N(c3ccc(-c4ccc5oc6ccccc6c5c4)cc3)c3c(C)cccc3-c3ccc(-c4ccccc4)cc3)c(C)c2)ccc1N(c1ccc(-c2ccc3oc4ccccc4c3c2)cc1)c1c(C)cccc1-c1ccc(-c2ccccc2)cc1. The quantitative estimate of drug-likeness (QED) is 0.115. The molecule has 0 aliphatic heterocycles. The molecule has 2 aromatic heterocycles. The van der Waals surface area contributed by atoms with Gasteiger partial charge >= 0.3 is 0 Å². The number of aryl methyl sites for hydroxylation is 4. The Bertz CT molecular complexity index is 5070. The second-order valence-electron chi connectivity index (χ2n) is 24.2. The van der Waals surface area contributed by atoms with E-state index in [-0.39, 0.29) is 0 Å². The average molecular weight is 1180 g/mol. The van der Waals surface area contributed by atoms with Gasteiger partial charge in [0.1, 0.15) is 22.3 Å². The van der Waals surface area contributed by atoms with Crippen LogP contribution in [0, 0.1) is 27.7 Å². The number of hydrogen-bond acceptors (Lipinski definition) is 4. The number of fused-ring (bicyclic) bond motifs is 6. The minimum Gasteiger partial charge on any atom is -0.456 e. The summed E-state index contributed by atoms with van der Waals surface area (Å²) in [6.45, 7) is 8.98. The van der Waals surface area contributed by atoms with E-state index in [1.807, 2.05) is 24.3 Å². The fourth-order valence-corrected chi connectivity index (χ4v) is 13.7. The molecule has 0 amide bonds. The Hall–Kier alpha value is -11.7. The Kier molecular flexibility index (Phi) is 14.1. The molecule has 0 aliphatic rings. The summed E-state index contributed by atoms with van der Waals surface area (Å²) in [4.78, 5) is 4.94. The molecule has 2 heterocycles. The van der Waals surface area contributed by atoms with Crippen molar-refractivity contribution in [3.63, 3.8) is 0 Å². The summed E-state index contributed by atoms with van der Waals surface area (Å²) in [5.41, 5.74) is 31.1. The van der Waals surface area contributed by atoms with Crippen LogP contribution in [-0.2, 0) is 0 Å². The zero-order valence-electron chi connectivity index (χ0n) is 51.7. The van der Waals surface area contributed by atoms with Crippen LogP contribution in [-0.4, -0.2) is 0 Å². The molecule has 0 saturated carbocycles. The van der Waals surface area contributed by atoms with Crippen LogP contribution < -0.4 is 9.80 Å². The molecule has 14 aromatic carbocycles. The Morgan fingerprint density at radius 2 is 0.511 bits per heavy atom. The minimum absolute atomic E-state index is 0.892. The first kappa shape index (κ1) is 55.6. The minimum atomic E-state index is 0.892. The molecule has 0 atom stereocenters. The van der Waals surface area contributed by atoms with Crippen molar-refractivity contribution in [2.45, 2.75) is 27.7 Å². The lowest BCUT2D eigenvalue weighted by Gasteiger charge is -2.31. The predicted molar refractivity (Wildman–Crippen MR) is 387 cm³/mol. The van der Waals surface area contributed by atoms with Gasteiger partial charge in [-0.15, -0.1) is 0 Å². The van der Waals surface area contributed by atoms with Crippen LogP contribution in [0.5, 0.6) is 0 Å². The molecule has 0 spiro atoms. The van der Waals surface area contributed by atoms with Crippen molar-refractivity contribution in [1.82, 2.24) is 0 Å². The van der Waals surface area contributed by atoms with Crippen molar-refractivity contribution in [3.05, 3.63) is 338 Å². The third kappa shape index (κ3) is 10.2. The highest BCUT2D eigenvalue weighted by Crippen LogP contribution is 2.49. The lowest BCUT2D eigenvalue weighted by atomic mass is 9.94. The van der Waals surface area contributed by atoms with Gasteiger partial charge in [0.25, 0.3) is 0 Å². The average Bonchev–Trinajstić information content (AvgIpc) is 1.29. The first-order valence-corrected chi connectivity index (χ1v) is 31.6. The van der Waals surface area contributed by atoms with E-state index in [0.29, 0.717) is 0 Å². The van der Waals surface area contributed by atoms with Crippen molar-refractivity contribution >= 4 is 78.0 Å². The summed E-state index contributed by atoms with van der Waals surface area (Å²) >= 11 is 0. The second-order valence-corrected chi connectivity index (χ2v) is 24.2. The number of rotatable bonds is 13. The predicted octanol–water partition coefficient (Wildman–Crippen LogP) is 25.3. The van der Waals surface area contributed by atoms with Crippen LogP contribution in [0.3, 0.4) is 0 Å². The Morgan fingerprint density at radius 1 is 0.207 bits per heavy atom. The third-order valence-electron chi connectivity index (χ3n) is 18.4. The van der Waals surface area contributed by atoms with Crippen LogP contribution in [0.4, 0.5) is 34.1 Å². The summed E-state index contributed by atoms with van der Waals surface area (Å²) in [6.07, 6.45) is 0. The zero-order chi connectivity index (χ0) is 61.8. The van der Waals surface area contributed by atoms with Gasteiger partial charge in [-0.05, 0) is 202 Å². The maximum Gasteiger partial charge on any atom is 0.135 e. The molecular formula is C88H64N2O2. The topological polar surface area (TPSA) is 32.8 Å². The van der Waals surface area contributed by atoms with E-state index in [0.717, 1.165) is 145 Å². The second kappa shape index (κ2) is 23.3. The smallest absolute Gasteiger partial charge is 0.135 e. The maximum absolute atomic E-state index is 6.24. The largest absolute Gasteiger partial charge is 0.456 e. The fourth-order valence-electron chi connectivity index (χ4n) is 13.7. The van der Waals surface area contributed by atoms with Crippen LogP contribution in [0.2, 0.25) is 0 Å². The molecule has 0 radical (unpaired) electrons. The highest BCUT2D eigenvalue weighted by Gasteiger charge is 2.25. The first-order valence-electron chi connectivity index (χ1n) is 31.6. The number of benzene rings is 14. The van der Waals surface area contributed by atoms with Crippen molar-refractivity contribution in [2.75, 3.05) is 9.80 Å². The highest BCUT2D eigenvalue weighted by molar-refractivity contribution is 6.08. The zero-order valence-corrected chi connectivity index (χ0v) is 51.7. The summed E-state index contributed by atoms with van der Waals surface area (Å²) in [6, 6.07) is 114. The van der Waals surface area contributed by atoms with Gasteiger partial charge < -0.3 is 18.6 Å². The first-order chi connectivity index (χ1) is 45.2. The molecule has 16 aromatic rings. The Labute approximate surface area is 536 Å². The molecule has 4 nitrogen and oxygen atoms in total. The molecule has 0 fully saturated rings.